The topological polar surface area (TPSA) is 94.1 Å². The first-order chi connectivity index (χ1) is 11.8. The van der Waals surface area contributed by atoms with E-state index in [4.69, 9.17) is 9.47 Å². The molecule has 1 atom stereocenters. The molecule has 0 aliphatic carbocycles. The molecule has 1 amide bonds. The van der Waals surface area contributed by atoms with Gasteiger partial charge in [-0.05, 0) is 18.6 Å². The van der Waals surface area contributed by atoms with Gasteiger partial charge in [0.2, 0.25) is 5.75 Å². The molecule has 0 saturated carbocycles. The van der Waals surface area contributed by atoms with E-state index in [1.54, 1.807) is 0 Å². The number of carbonyl (C=O) groups excluding carboxylic acids is 1. The molecule has 25 heavy (non-hydrogen) atoms. The number of aliphatic carboxylic acids is 1. The highest BCUT2D eigenvalue weighted by Crippen LogP contribution is 2.39. The summed E-state index contributed by atoms with van der Waals surface area (Å²) in [5.41, 5.74) is -0.00179. The molecule has 0 aliphatic heterocycles. The zero-order chi connectivity index (χ0) is 19.0. The lowest BCUT2D eigenvalue weighted by Gasteiger charge is -2.17. The van der Waals surface area contributed by atoms with E-state index in [1.807, 2.05) is 6.92 Å². The largest absolute Gasteiger partial charge is 0.493 e. The number of benzene rings is 1. The predicted octanol–water partition coefficient (Wildman–Crippen LogP) is 2.68. The van der Waals surface area contributed by atoms with Crippen molar-refractivity contribution in [2.24, 2.45) is 0 Å². The number of carboxylic acids is 1. The van der Waals surface area contributed by atoms with Crippen LogP contribution in [0.15, 0.2) is 12.1 Å². The van der Waals surface area contributed by atoms with Crippen molar-refractivity contribution in [1.82, 2.24) is 5.32 Å². The molecular formula is C16H21F2NO6. The van der Waals surface area contributed by atoms with Crippen LogP contribution < -0.4 is 19.5 Å². The molecule has 0 bridgehead atoms. The molecule has 0 aliphatic rings. The summed E-state index contributed by atoms with van der Waals surface area (Å²) < 4.78 is 39.3. The number of amides is 1. The summed E-state index contributed by atoms with van der Waals surface area (Å²) in [5.74, 6) is -2.46. The summed E-state index contributed by atoms with van der Waals surface area (Å²) in [6.45, 7) is -1.20. The Morgan fingerprint density at radius 2 is 1.76 bits per heavy atom. The molecule has 2 N–H and O–H groups in total. The van der Waals surface area contributed by atoms with Gasteiger partial charge < -0.3 is 24.6 Å². The molecule has 0 saturated heterocycles. The quantitative estimate of drug-likeness (QED) is 0.665. The predicted molar refractivity (Wildman–Crippen MR) is 84.6 cm³/mol. The third-order valence-corrected chi connectivity index (χ3v) is 3.38. The van der Waals surface area contributed by atoms with E-state index in [0.717, 1.165) is 6.42 Å². The van der Waals surface area contributed by atoms with Gasteiger partial charge in [-0.2, -0.15) is 8.78 Å². The Bertz CT molecular complexity index is 583. The number of alkyl halides is 2. The van der Waals surface area contributed by atoms with Crippen molar-refractivity contribution in [3.8, 4) is 17.2 Å². The molecule has 0 radical (unpaired) electrons. The fraction of sp³-hybridized carbons (Fsp3) is 0.500. The van der Waals surface area contributed by atoms with Gasteiger partial charge in [-0.3, -0.25) is 4.79 Å². The molecule has 0 aromatic heterocycles. The third kappa shape index (κ3) is 5.77. The van der Waals surface area contributed by atoms with Crippen LogP contribution in [0.25, 0.3) is 0 Å². The van der Waals surface area contributed by atoms with Gasteiger partial charge in [-0.15, -0.1) is 0 Å². The Morgan fingerprint density at radius 3 is 2.16 bits per heavy atom. The van der Waals surface area contributed by atoms with Crippen LogP contribution in [-0.4, -0.2) is 43.9 Å². The van der Waals surface area contributed by atoms with Crippen molar-refractivity contribution < 1.29 is 37.7 Å². The van der Waals surface area contributed by atoms with Gasteiger partial charge in [0.05, 0.1) is 14.2 Å². The number of hydrogen-bond donors (Lipinski definition) is 2. The van der Waals surface area contributed by atoms with Crippen molar-refractivity contribution in [3.05, 3.63) is 17.7 Å². The highest BCUT2D eigenvalue weighted by atomic mass is 19.3. The lowest BCUT2D eigenvalue weighted by atomic mass is 10.1. The third-order valence-electron chi connectivity index (χ3n) is 3.38. The second kappa shape index (κ2) is 9.65. The number of hydrogen-bond acceptors (Lipinski definition) is 5. The van der Waals surface area contributed by atoms with E-state index >= 15 is 0 Å². The average Bonchev–Trinajstić information content (AvgIpc) is 2.57. The SMILES string of the molecule is CCCCC(NC(=O)c1cc(OC)c(OC(F)F)c(OC)c1)C(=O)O. The molecule has 9 heteroatoms. The summed E-state index contributed by atoms with van der Waals surface area (Å²) in [6, 6.07) is 1.30. The van der Waals surface area contributed by atoms with Gasteiger partial charge in [0.15, 0.2) is 11.5 Å². The molecular weight excluding hydrogens is 340 g/mol. The van der Waals surface area contributed by atoms with Crippen molar-refractivity contribution in [1.29, 1.82) is 0 Å². The minimum absolute atomic E-state index is 0.00179. The number of carboxylic acid groups (broad SMARTS) is 1. The molecule has 7 nitrogen and oxygen atoms in total. The van der Waals surface area contributed by atoms with E-state index < -0.39 is 24.5 Å². The second-order valence-corrected chi connectivity index (χ2v) is 5.09. The molecule has 1 aromatic rings. The summed E-state index contributed by atoms with van der Waals surface area (Å²) in [7, 11) is 2.44. The number of halogens is 2. The summed E-state index contributed by atoms with van der Waals surface area (Å²) >= 11 is 0. The summed E-state index contributed by atoms with van der Waals surface area (Å²) in [6.07, 6.45) is 1.68. The zero-order valence-electron chi connectivity index (χ0n) is 14.2. The van der Waals surface area contributed by atoms with Crippen molar-refractivity contribution in [3.63, 3.8) is 0 Å². The molecule has 0 heterocycles. The van der Waals surface area contributed by atoms with Crippen LogP contribution in [0.4, 0.5) is 8.78 Å². The summed E-state index contributed by atoms with van der Waals surface area (Å²) in [4.78, 5) is 23.5. The van der Waals surface area contributed by atoms with Crippen molar-refractivity contribution in [2.45, 2.75) is 38.8 Å². The van der Waals surface area contributed by atoms with Crippen LogP contribution in [0.2, 0.25) is 0 Å². The van der Waals surface area contributed by atoms with Gasteiger partial charge in [0.25, 0.3) is 5.91 Å². The first-order valence-electron chi connectivity index (χ1n) is 7.58. The maximum atomic E-state index is 12.5. The monoisotopic (exact) mass is 361 g/mol. The molecule has 0 spiro atoms. The Kier molecular flexibility index (Phi) is 7.90. The first-order valence-corrected chi connectivity index (χ1v) is 7.58. The van der Waals surface area contributed by atoms with Gasteiger partial charge in [-0.25, -0.2) is 4.79 Å². The van der Waals surface area contributed by atoms with E-state index in [2.05, 4.69) is 10.1 Å². The normalized spacial score (nSPS) is 11.8. The van der Waals surface area contributed by atoms with E-state index in [0.29, 0.717) is 6.42 Å². The van der Waals surface area contributed by atoms with E-state index in [9.17, 15) is 23.5 Å². The van der Waals surface area contributed by atoms with E-state index in [-0.39, 0.29) is 29.2 Å². The van der Waals surface area contributed by atoms with Crippen LogP contribution in [0.1, 0.15) is 36.5 Å². The lowest BCUT2D eigenvalue weighted by molar-refractivity contribution is -0.139. The maximum absolute atomic E-state index is 12.5. The molecule has 0 fully saturated rings. The number of carbonyl (C=O) groups is 2. The Labute approximate surface area is 143 Å². The van der Waals surface area contributed by atoms with Gasteiger partial charge in [0, 0.05) is 5.56 Å². The van der Waals surface area contributed by atoms with Crippen LogP contribution in [0.5, 0.6) is 17.2 Å². The maximum Gasteiger partial charge on any atom is 0.387 e. The number of unbranched alkanes of at least 4 members (excludes halogenated alkanes) is 1. The smallest absolute Gasteiger partial charge is 0.387 e. The van der Waals surface area contributed by atoms with Gasteiger partial charge >= 0.3 is 12.6 Å². The minimum atomic E-state index is -3.10. The van der Waals surface area contributed by atoms with Crippen LogP contribution >= 0.6 is 0 Å². The molecule has 1 rings (SSSR count). The minimum Gasteiger partial charge on any atom is -0.493 e. The van der Waals surface area contributed by atoms with Crippen LogP contribution in [-0.2, 0) is 4.79 Å². The van der Waals surface area contributed by atoms with E-state index in [1.165, 1.54) is 26.4 Å². The van der Waals surface area contributed by atoms with Crippen molar-refractivity contribution >= 4 is 11.9 Å². The van der Waals surface area contributed by atoms with Crippen LogP contribution in [0, 0.1) is 0 Å². The number of nitrogens with one attached hydrogen (secondary N) is 1. The molecule has 140 valence electrons. The highest BCUT2D eigenvalue weighted by Gasteiger charge is 2.24. The van der Waals surface area contributed by atoms with Crippen LogP contribution in [0.3, 0.4) is 0 Å². The zero-order valence-corrected chi connectivity index (χ0v) is 14.2. The van der Waals surface area contributed by atoms with Gasteiger partial charge in [-0.1, -0.05) is 19.8 Å². The number of rotatable bonds is 10. The number of ether oxygens (including phenoxy) is 3. The second-order valence-electron chi connectivity index (χ2n) is 5.09. The Morgan fingerprint density at radius 1 is 1.20 bits per heavy atom. The van der Waals surface area contributed by atoms with Crippen molar-refractivity contribution in [2.75, 3.05) is 14.2 Å². The fourth-order valence-corrected chi connectivity index (χ4v) is 2.12. The standard InChI is InChI=1S/C16H21F2NO6/c1-4-5-6-10(15(21)22)19-14(20)9-7-11(23-2)13(25-16(17)18)12(8-9)24-3/h7-8,10,16H,4-6H2,1-3H3,(H,19,20)(H,21,22). The highest BCUT2D eigenvalue weighted by molar-refractivity contribution is 5.97. The first kappa shape index (κ1) is 20.5. The molecule has 1 unspecified atom stereocenters. The number of methoxy groups -OCH3 is 2. The Balaban J connectivity index is 3.11. The van der Waals surface area contributed by atoms with Gasteiger partial charge in [0.1, 0.15) is 6.04 Å². The lowest BCUT2D eigenvalue weighted by Crippen LogP contribution is -2.40. The Hall–Kier alpha value is -2.58. The molecule has 1 aromatic carbocycles. The fourth-order valence-electron chi connectivity index (χ4n) is 2.12. The average molecular weight is 361 g/mol. The summed E-state index contributed by atoms with van der Waals surface area (Å²) in [5, 5.41) is 11.6.